The molecule has 1 aromatic carbocycles. The molecule has 0 bridgehead atoms. The molecule has 0 aromatic heterocycles. The number of aliphatic hydroxyl groups excluding tert-OH is 1. The molecule has 2 saturated heterocycles. The molecule has 0 radical (unpaired) electrons. The van der Waals surface area contributed by atoms with Gasteiger partial charge in [0.25, 0.3) is 0 Å². The number of fused-ring (bicyclic) bond motifs is 1. The maximum absolute atomic E-state index is 13.5. The van der Waals surface area contributed by atoms with Gasteiger partial charge in [-0.2, -0.15) is 0 Å². The number of nitrogens with zero attached hydrogens (tertiary/aromatic N) is 2. The third-order valence-electron chi connectivity index (χ3n) is 7.90. The number of amides is 1. The zero-order valence-electron chi connectivity index (χ0n) is 19.1. The highest BCUT2D eigenvalue weighted by Gasteiger charge is 2.53. The van der Waals surface area contributed by atoms with Crippen molar-refractivity contribution in [2.24, 2.45) is 5.41 Å². The van der Waals surface area contributed by atoms with Gasteiger partial charge >= 0.3 is 11.9 Å². The molecule has 8 nitrogen and oxygen atoms in total. The minimum Gasteiger partial charge on any atom is -0.457 e. The minimum absolute atomic E-state index is 0.0920. The second-order valence-corrected chi connectivity index (χ2v) is 9.66. The summed E-state index contributed by atoms with van der Waals surface area (Å²) in [5, 5.41) is 11.0. The molecule has 4 heterocycles. The van der Waals surface area contributed by atoms with Crippen molar-refractivity contribution >= 4 is 17.8 Å². The van der Waals surface area contributed by atoms with E-state index in [0.717, 1.165) is 55.5 Å². The van der Waals surface area contributed by atoms with Gasteiger partial charge in [0.15, 0.2) is 0 Å². The van der Waals surface area contributed by atoms with Gasteiger partial charge in [-0.3, -0.25) is 4.79 Å². The van der Waals surface area contributed by atoms with Gasteiger partial charge in [-0.1, -0.05) is 13.0 Å². The molecule has 176 valence electrons. The fourth-order valence-corrected chi connectivity index (χ4v) is 5.90. The molecule has 2 fully saturated rings. The topological polar surface area (TPSA) is 96.4 Å². The molecule has 0 saturated carbocycles. The number of carbonyl (C=O) groups excluding carboxylic acids is 3. The van der Waals surface area contributed by atoms with Crippen molar-refractivity contribution in [1.29, 1.82) is 0 Å². The molecule has 2 atom stereocenters. The van der Waals surface area contributed by atoms with Crippen molar-refractivity contribution in [3.63, 3.8) is 0 Å². The van der Waals surface area contributed by atoms with E-state index in [1.807, 2.05) is 17.9 Å². The van der Waals surface area contributed by atoms with E-state index in [-0.39, 0.29) is 37.1 Å². The molecule has 5 rings (SSSR count). The van der Waals surface area contributed by atoms with Crippen LogP contribution in [0.1, 0.15) is 65.8 Å². The first-order chi connectivity index (χ1) is 15.8. The van der Waals surface area contributed by atoms with Crippen LogP contribution < -0.4 is 0 Å². The standard InChI is InChI=1S/C25H30N2O6/c1-3-16-11-25(24(31)27(16)17-10-22(29)32-13-17)6-8-26(9-7-25)12-21(28)18-4-5-19-20(15(18)2)14-33-23(19)30/h4-5,10,16,21,28H,3,6-9,11-14H2,1-2H3/t16-,21-/m1/s1. The van der Waals surface area contributed by atoms with Crippen LogP contribution in [0.5, 0.6) is 0 Å². The highest BCUT2D eigenvalue weighted by Crippen LogP contribution is 2.47. The van der Waals surface area contributed by atoms with E-state index >= 15 is 0 Å². The molecule has 1 aromatic rings. The average molecular weight is 455 g/mol. The maximum atomic E-state index is 13.5. The maximum Gasteiger partial charge on any atom is 0.338 e. The van der Waals surface area contributed by atoms with Gasteiger partial charge in [-0.05, 0) is 62.9 Å². The summed E-state index contributed by atoms with van der Waals surface area (Å²) in [5.74, 6) is -0.575. The lowest BCUT2D eigenvalue weighted by atomic mass is 9.75. The first-order valence-corrected chi connectivity index (χ1v) is 11.7. The Bertz CT molecular complexity index is 1040. The van der Waals surface area contributed by atoms with Crippen LogP contribution in [0.2, 0.25) is 0 Å². The molecule has 4 aliphatic heterocycles. The van der Waals surface area contributed by atoms with Crippen molar-refractivity contribution in [2.45, 2.75) is 58.3 Å². The number of esters is 2. The van der Waals surface area contributed by atoms with Gasteiger partial charge in [-0.15, -0.1) is 0 Å². The van der Waals surface area contributed by atoms with Crippen LogP contribution >= 0.6 is 0 Å². The number of hydrogen-bond acceptors (Lipinski definition) is 7. The van der Waals surface area contributed by atoms with Crippen LogP contribution in [0.3, 0.4) is 0 Å². The molecule has 33 heavy (non-hydrogen) atoms. The quantitative estimate of drug-likeness (QED) is 0.682. The Balaban J connectivity index is 1.25. The Kier molecular flexibility index (Phi) is 5.53. The number of hydrogen-bond donors (Lipinski definition) is 1. The molecular formula is C25H30N2O6. The van der Waals surface area contributed by atoms with E-state index in [4.69, 9.17) is 9.47 Å². The Morgan fingerprint density at radius 2 is 1.91 bits per heavy atom. The van der Waals surface area contributed by atoms with Crippen LogP contribution in [0.4, 0.5) is 0 Å². The lowest BCUT2D eigenvalue weighted by molar-refractivity contribution is -0.139. The molecule has 0 unspecified atom stereocenters. The zero-order valence-corrected chi connectivity index (χ0v) is 19.1. The second kappa shape index (κ2) is 8.25. The first kappa shape index (κ1) is 22.1. The van der Waals surface area contributed by atoms with Gasteiger partial charge in [-0.25, -0.2) is 9.59 Å². The summed E-state index contributed by atoms with van der Waals surface area (Å²) in [7, 11) is 0. The van der Waals surface area contributed by atoms with Crippen LogP contribution in [-0.4, -0.2) is 65.0 Å². The fourth-order valence-electron chi connectivity index (χ4n) is 5.90. The van der Waals surface area contributed by atoms with Gasteiger partial charge in [0, 0.05) is 24.2 Å². The van der Waals surface area contributed by atoms with Crippen LogP contribution in [0.15, 0.2) is 23.9 Å². The summed E-state index contributed by atoms with van der Waals surface area (Å²) in [6.45, 7) is 6.37. The Morgan fingerprint density at radius 1 is 1.15 bits per heavy atom. The molecule has 1 spiro atoms. The molecule has 1 N–H and O–H groups in total. The molecule has 8 heteroatoms. The largest absolute Gasteiger partial charge is 0.457 e. The van der Waals surface area contributed by atoms with E-state index in [2.05, 4.69) is 11.8 Å². The second-order valence-electron chi connectivity index (χ2n) is 9.66. The summed E-state index contributed by atoms with van der Waals surface area (Å²) < 4.78 is 10.2. The van der Waals surface area contributed by atoms with E-state index in [0.29, 0.717) is 17.8 Å². The number of rotatable bonds is 5. The fraction of sp³-hybridized carbons (Fsp3) is 0.560. The number of ether oxygens (including phenoxy) is 2. The van der Waals surface area contributed by atoms with Crippen molar-refractivity contribution in [1.82, 2.24) is 9.80 Å². The summed E-state index contributed by atoms with van der Waals surface area (Å²) in [4.78, 5) is 40.8. The van der Waals surface area contributed by atoms with E-state index < -0.39 is 11.5 Å². The summed E-state index contributed by atoms with van der Waals surface area (Å²) in [6.07, 6.45) is 3.88. The van der Waals surface area contributed by atoms with E-state index in [9.17, 15) is 19.5 Å². The number of β-amino-alcohol motifs (C(OH)–C–C–N with tert-alkyl or cyclic N) is 1. The number of benzene rings is 1. The number of piperidine rings is 1. The zero-order chi connectivity index (χ0) is 23.3. The molecule has 4 aliphatic rings. The smallest absolute Gasteiger partial charge is 0.338 e. The van der Waals surface area contributed by atoms with E-state index in [1.165, 1.54) is 6.08 Å². The highest BCUT2D eigenvalue weighted by molar-refractivity contribution is 5.94. The third-order valence-corrected chi connectivity index (χ3v) is 7.90. The summed E-state index contributed by atoms with van der Waals surface area (Å²) in [6, 6.07) is 3.65. The summed E-state index contributed by atoms with van der Waals surface area (Å²) in [5.41, 5.74) is 3.45. The van der Waals surface area contributed by atoms with Crippen molar-refractivity contribution in [3.8, 4) is 0 Å². The normalized spacial score (nSPS) is 25.3. The average Bonchev–Trinajstić information content (AvgIpc) is 3.47. The van der Waals surface area contributed by atoms with Gasteiger partial charge in [0.1, 0.15) is 13.2 Å². The predicted molar refractivity (Wildman–Crippen MR) is 118 cm³/mol. The van der Waals surface area contributed by atoms with Crippen molar-refractivity contribution < 1.29 is 29.0 Å². The Morgan fingerprint density at radius 3 is 2.58 bits per heavy atom. The Hall–Kier alpha value is -2.71. The number of aliphatic hydroxyl groups is 1. The lowest BCUT2D eigenvalue weighted by Gasteiger charge is -2.38. The molecular weight excluding hydrogens is 424 g/mol. The van der Waals surface area contributed by atoms with Crippen molar-refractivity contribution in [3.05, 3.63) is 46.2 Å². The predicted octanol–water partition coefficient (Wildman–Crippen LogP) is 2.23. The molecule has 0 aliphatic carbocycles. The number of cyclic esters (lactones) is 2. The van der Waals surface area contributed by atoms with Crippen LogP contribution in [0, 0.1) is 12.3 Å². The first-order valence-electron chi connectivity index (χ1n) is 11.7. The summed E-state index contributed by atoms with van der Waals surface area (Å²) >= 11 is 0. The van der Waals surface area contributed by atoms with Crippen LogP contribution in [-0.2, 0) is 25.7 Å². The van der Waals surface area contributed by atoms with E-state index in [1.54, 1.807) is 6.07 Å². The third kappa shape index (κ3) is 3.65. The van der Waals surface area contributed by atoms with Gasteiger partial charge in [0.05, 0.1) is 22.8 Å². The minimum atomic E-state index is -0.675. The van der Waals surface area contributed by atoms with Gasteiger partial charge < -0.3 is 24.4 Å². The SMILES string of the molecule is CC[C@@H]1CC2(CCN(C[C@@H](O)c3ccc4c(c3C)COC4=O)CC2)C(=O)N1C1=CC(=O)OC1. The highest BCUT2D eigenvalue weighted by atomic mass is 16.5. The number of carbonyl (C=O) groups is 3. The van der Waals surface area contributed by atoms with Gasteiger partial charge in [0.2, 0.25) is 5.91 Å². The monoisotopic (exact) mass is 454 g/mol. The lowest BCUT2D eigenvalue weighted by Crippen LogP contribution is -2.45. The van der Waals surface area contributed by atoms with Crippen molar-refractivity contribution in [2.75, 3.05) is 26.2 Å². The van der Waals surface area contributed by atoms with Crippen LogP contribution in [0.25, 0.3) is 0 Å². The Labute approximate surface area is 193 Å². The molecule has 1 amide bonds. The number of likely N-dealkylation sites (tertiary alicyclic amines) is 2.